The fourth-order valence-corrected chi connectivity index (χ4v) is 3.62. The zero-order chi connectivity index (χ0) is 13.1. The molecule has 2 N–H and O–H groups in total. The summed E-state index contributed by atoms with van der Waals surface area (Å²) in [4.78, 5) is 12.6. The third-order valence-electron chi connectivity index (χ3n) is 2.54. The molecule has 0 aromatic carbocycles. The van der Waals surface area contributed by atoms with Gasteiger partial charge in [0.1, 0.15) is 0 Å². The summed E-state index contributed by atoms with van der Waals surface area (Å²) in [6.45, 7) is 1.39. The van der Waals surface area contributed by atoms with Gasteiger partial charge in [-0.3, -0.25) is 4.90 Å². The maximum absolute atomic E-state index is 11.6. The van der Waals surface area contributed by atoms with E-state index >= 15 is 0 Å². The number of hydrogen-bond donors (Lipinski definition) is 2. The molecule has 0 saturated carbocycles. The van der Waals surface area contributed by atoms with Crippen LogP contribution in [0.2, 0.25) is 0 Å². The molecule has 0 radical (unpaired) electrons. The first-order valence-corrected chi connectivity index (χ1v) is 7.16. The van der Waals surface area contributed by atoms with Gasteiger partial charge in [-0.15, -0.1) is 0 Å². The van der Waals surface area contributed by atoms with Crippen LogP contribution in [0.4, 0.5) is 4.79 Å². The standard InChI is InChI=1S/C9H17NO6S/c1-2-16-9(13)10(3-4-11)7-5-17(14,15)6-8(7)12/h7-8,11-12H,2-6H2,1H3/t7-,8+/m0/s1. The van der Waals surface area contributed by atoms with Crippen molar-refractivity contribution in [1.82, 2.24) is 4.90 Å². The Morgan fingerprint density at radius 2 is 2.12 bits per heavy atom. The third kappa shape index (κ3) is 3.55. The Bertz CT molecular complexity index is 368. The van der Waals surface area contributed by atoms with Gasteiger partial charge in [0.2, 0.25) is 0 Å². The van der Waals surface area contributed by atoms with E-state index in [2.05, 4.69) is 0 Å². The van der Waals surface area contributed by atoms with Gasteiger partial charge in [0, 0.05) is 6.54 Å². The van der Waals surface area contributed by atoms with Crippen molar-refractivity contribution in [3.8, 4) is 0 Å². The van der Waals surface area contributed by atoms with Gasteiger partial charge in [0.15, 0.2) is 9.84 Å². The first-order valence-electron chi connectivity index (χ1n) is 5.34. The van der Waals surface area contributed by atoms with Crippen molar-refractivity contribution in [2.75, 3.05) is 31.3 Å². The number of nitrogens with zero attached hydrogens (tertiary/aromatic N) is 1. The lowest BCUT2D eigenvalue weighted by Gasteiger charge is -2.28. The van der Waals surface area contributed by atoms with Crippen molar-refractivity contribution >= 4 is 15.9 Å². The molecular formula is C9H17NO6S. The molecule has 0 bridgehead atoms. The van der Waals surface area contributed by atoms with Crippen LogP contribution in [0, 0.1) is 0 Å². The number of rotatable bonds is 4. The number of aliphatic hydroxyl groups is 2. The van der Waals surface area contributed by atoms with Crippen LogP contribution in [0.1, 0.15) is 6.92 Å². The van der Waals surface area contributed by atoms with E-state index in [-0.39, 0.29) is 31.3 Å². The third-order valence-corrected chi connectivity index (χ3v) is 4.24. The lowest BCUT2D eigenvalue weighted by atomic mass is 10.2. The highest BCUT2D eigenvalue weighted by Crippen LogP contribution is 2.19. The first-order chi connectivity index (χ1) is 7.91. The molecule has 1 saturated heterocycles. The van der Waals surface area contributed by atoms with Gasteiger partial charge >= 0.3 is 6.09 Å². The second kappa shape index (κ2) is 5.65. The largest absolute Gasteiger partial charge is 0.450 e. The van der Waals surface area contributed by atoms with Crippen LogP contribution < -0.4 is 0 Å². The number of amides is 1. The average Bonchev–Trinajstić information content (AvgIpc) is 2.49. The summed E-state index contributed by atoms with van der Waals surface area (Å²) in [7, 11) is -3.34. The van der Waals surface area contributed by atoms with Gasteiger partial charge in [-0.05, 0) is 6.92 Å². The molecule has 0 unspecified atom stereocenters. The Balaban J connectivity index is 2.81. The summed E-state index contributed by atoms with van der Waals surface area (Å²) >= 11 is 0. The van der Waals surface area contributed by atoms with Crippen molar-refractivity contribution in [2.24, 2.45) is 0 Å². The van der Waals surface area contributed by atoms with E-state index in [1.54, 1.807) is 6.92 Å². The first kappa shape index (κ1) is 14.2. The number of aliphatic hydroxyl groups excluding tert-OH is 2. The molecule has 17 heavy (non-hydrogen) atoms. The SMILES string of the molecule is CCOC(=O)N(CCO)[C@H]1CS(=O)(=O)C[C@H]1O. The summed E-state index contributed by atoms with van der Waals surface area (Å²) in [6.07, 6.45) is -1.85. The predicted octanol–water partition coefficient (Wildman–Crippen LogP) is -1.40. The second-order valence-corrected chi connectivity index (χ2v) is 5.98. The molecule has 0 aliphatic carbocycles. The van der Waals surface area contributed by atoms with Gasteiger partial charge in [0.05, 0.1) is 36.9 Å². The number of sulfone groups is 1. The summed E-state index contributed by atoms with van der Waals surface area (Å²) in [5.74, 6) is -0.661. The van der Waals surface area contributed by atoms with E-state index in [0.29, 0.717) is 0 Å². The molecule has 1 heterocycles. The summed E-state index contributed by atoms with van der Waals surface area (Å²) in [6, 6.07) is -0.841. The Morgan fingerprint density at radius 3 is 2.53 bits per heavy atom. The minimum atomic E-state index is -3.34. The second-order valence-electron chi connectivity index (χ2n) is 3.83. The Kier molecular flexibility index (Phi) is 4.72. The molecular weight excluding hydrogens is 250 g/mol. The summed E-state index contributed by atoms with van der Waals surface area (Å²) in [5.41, 5.74) is 0. The topological polar surface area (TPSA) is 104 Å². The Labute approximate surface area is 99.9 Å². The highest BCUT2D eigenvalue weighted by molar-refractivity contribution is 7.91. The molecule has 1 aliphatic heterocycles. The number of carbonyl (C=O) groups is 1. The summed E-state index contributed by atoms with van der Waals surface area (Å²) in [5, 5.41) is 18.5. The van der Waals surface area contributed by atoms with Gasteiger partial charge in [-0.25, -0.2) is 13.2 Å². The van der Waals surface area contributed by atoms with Crippen LogP contribution in [0.15, 0.2) is 0 Å². The van der Waals surface area contributed by atoms with E-state index < -0.39 is 28.1 Å². The lowest BCUT2D eigenvalue weighted by molar-refractivity contribution is 0.0482. The minimum Gasteiger partial charge on any atom is -0.450 e. The Morgan fingerprint density at radius 1 is 1.47 bits per heavy atom. The van der Waals surface area contributed by atoms with Crippen LogP contribution in [0.25, 0.3) is 0 Å². The molecule has 1 aliphatic rings. The normalized spacial score (nSPS) is 26.8. The smallest absolute Gasteiger partial charge is 0.410 e. The zero-order valence-electron chi connectivity index (χ0n) is 9.57. The molecule has 1 rings (SSSR count). The predicted molar refractivity (Wildman–Crippen MR) is 59.3 cm³/mol. The van der Waals surface area contributed by atoms with Crippen molar-refractivity contribution in [3.05, 3.63) is 0 Å². The molecule has 0 spiro atoms. The van der Waals surface area contributed by atoms with Crippen LogP contribution in [0.3, 0.4) is 0 Å². The Hall–Kier alpha value is -0.860. The molecule has 0 aromatic rings. The van der Waals surface area contributed by atoms with E-state index in [1.165, 1.54) is 0 Å². The van der Waals surface area contributed by atoms with Gasteiger partial charge < -0.3 is 14.9 Å². The van der Waals surface area contributed by atoms with Gasteiger partial charge in [-0.1, -0.05) is 0 Å². The zero-order valence-corrected chi connectivity index (χ0v) is 10.4. The summed E-state index contributed by atoms with van der Waals surface area (Å²) < 4.78 is 27.4. The fraction of sp³-hybridized carbons (Fsp3) is 0.889. The van der Waals surface area contributed by atoms with Crippen LogP contribution in [0.5, 0.6) is 0 Å². The quantitative estimate of drug-likeness (QED) is 0.649. The number of carbonyl (C=O) groups excluding carboxylic acids is 1. The molecule has 1 amide bonds. The maximum atomic E-state index is 11.6. The van der Waals surface area contributed by atoms with E-state index in [0.717, 1.165) is 4.90 Å². The average molecular weight is 267 g/mol. The maximum Gasteiger partial charge on any atom is 0.410 e. The highest BCUT2D eigenvalue weighted by Gasteiger charge is 2.42. The minimum absolute atomic E-state index is 0.0594. The van der Waals surface area contributed by atoms with Crippen LogP contribution >= 0.6 is 0 Å². The van der Waals surface area contributed by atoms with Crippen LogP contribution in [-0.4, -0.2) is 73.0 Å². The van der Waals surface area contributed by atoms with Gasteiger partial charge in [0.25, 0.3) is 0 Å². The van der Waals surface area contributed by atoms with E-state index in [1.807, 2.05) is 0 Å². The van der Waals surface area contributed by atoms with Crippen molar-refractivity contribution < 1.29 is 28.2 Å². The van der Waals surface area contributed by atoms with Crippen molar-refractivity contribution in [1.29, 1.82) is 0 Å². The van der Waals surface area contributed by atoms with E-state index in [4.69, 9.17) is 9.84 Å². The molecule has 0 aromatic heterocycles. The molecule has 2 atom stereocenters. The van der Waals surface area contributed by atoms with E-state index in [9.17, 15) is 18.3 Å². The highest BCUT2D eigenvalue weighted by atomic mass is 32.2. The van der Waals surface area contributed by atoms with Crippen molar-refractivity contribution in [3.63, 3.8) is 0 Å². The van der Waals surface area contributed by atoms with Crippen LogP contribution in [-0.2, 0) is 14.6 Å². The number of ether oxygens (including phenoxy) is 1. The fourth-order valence-electron chi connectivity index (χ4n) is 1.81. The monoisotopic (exact) mass is 267 g/mol. The lowest BCUT2D eigenvalue weighted by Crippen LogP contribution is -2.48. The molecule has 8 heteroatoms. The molecule has 7 nitrogen and oxygen atoms in total. The van der Waals surface area contributed by atoms with Crippen molar-refractivity contribution in [2.45, 2.75) is 19.1 Å². The number of hydrogen-bond acceptors (Lipinski definition) is 6. The molecule has 1 fully saturated rings. The molecule has 100 valence electrons. The van der Waals surface area contributed by atoms with Gasteiger partial charge in [-0.2, -0.15) is 0 Å².